The highest BCUT2D eigenvalue weighted by Gasteiger charge is 2.30. The molecule has 0 amide bonds. The molecule has 0 spiro atoms. The van der Waals surface area contributed by atoms with Gasteiger partial charge in [-0.05, 0) is 24.1 Å². The number of unbranched alkanes of at least 4 members (excludes halogenated alkanes) is 3. The van der Waals surface area contributed by atoms with Crippen molar-refractivity contribution in [3.8, 4) is 22.5 Å². The van der Waals surface area contributed by atoms with Gasteiger partial charge in [-0.15, -0.1) is 0 Å². The molecular weight excluding hydrogens is 368 g/mol. The first-order valence-electron chi connectivity index (χ1n) is 9.46. The zero-order chi connectivity index (χ0) is 20.1. The molecule has 0 aliphatic carbocycles. The zero-order valence-corrected chi connectivity index (χ0v) is 15.7. The van der Waals surface area contributed by atoms with E-state index in [9.17, 15) is 13.2 Å². The van der Waals surface area contributed by atoms with Crippen LogP contribution in [0.5, 0.6) is 0 Å². The highest BCUT2D eigenvalue weighted by Crippen LogP contribution is 2.38. The Morgan fingerprint density at radius 3 is 2.11 bits per heavy atom. The Kier molecular flexibility index (Phi) is 6.22. The van der Waals surface area contributed by atoms with Gasteiger partial charge < -0.3 is 4.42 Å². The fraction of sp³-hybridized carbons (Fsp3) is 0.304. The van der Waals surface area contributed by atoms with Gasteiger partial charge >= 0.3 is 6.18 Å². The van der Waals surface area contributed by atoms with E-state index in [0.29, 0.717) is 28.9 Å². The summed E-state index contributed by atoms with van der Waals surface area (Å²) in [6.45, 7) is 2.12. The second-order valence-electron chi connectivity index (χ2n) is 6.80. The molecule has 0 aliphatic rings. The summed E-state index contributed by atoms with van der Waals surface area (Å²) in [6.07, 6.45) is 0.224. The van der Waals surface area contributed by atoms with E-state index in [-0.39, 0.29) is 5.76 Å². The summed E-state index contributed by atoms with van der Waals surface area (Å²) >= 11 is 0. The summed E-state index contributed by atoms with van der Waals surface area (Å²) in [5, 5.41) is 0. The Morgan fingerprint density at radius 1 is 0.821 bits per heavy atom. The molecule has 3 aromatic rings. The lowest BCUT2D eigenvalue weighted by Gasteiger charge is -2.06. The van der Waals surface area contributed by atoms with Crippen molar-refractivity contribution in [3.63, 3.8) is 0 Å². The maximum atomic E-state index is 15.3. The van der Waals surface area contributed by atoms with E-state index in [0.717, 1.165) is 37.8 Å². The maximum Gasteiger partial charge on any atom is 0.416 e. The smallest absolute Gasteiger partial charge is 0.416 e. The molecule has 0 radical (unpaired) electrons. The van der Waals surface area contributed by atoms with E-state index in [2.05, 4.69) is 6.92 Å². The first-order valence-corrected chi connectivity index (χ1v) is 9.46. The second-order valence-corrected chi connectivity index (χ2v) is 6.80. The van der Waals surface area contributed by atoms with Gasteiger partial charge in [-0.1, -0.05) is 68.7 Å². The van der Waals surface area contributed by atoms with Crippen molar-refractivity contribution < 1.29 is 22.0 Å². The molecular formula is C23H22F4O. The Bertz CT molecular complexity index is 893. The second kappa shape index (κ2) is 8.63. The highest BCUT2D eigenvalue weighted by molar-refractivity contribution is 5.73. The van der Waals surface area contributed by atoms with E-state index in [1.807, 2.05) is 18.2 Å². The third-order valence-corrected chi connectivity index (χ3v) is 4.72. The average Bonchev–Trinajstić information content (AvgIpc) is 3.01. The van der Waals surface area contributed by atoms with Crippen LogP contribution in [0.2, 0.25) is 0 Å². The van der Waals surface area contributed by atoms with Crippen molar-refractivity contribution in [1.82, 2.24) is 0 Å². The van der Waals surface area contributed by atoms with Crippen LogP contribution in [0.4, 0.5) is 17.6 Å². The van der Waals surface area contributed by atoms with Crippen molar-refractivity contribution in [1.29, 1.82) is 0 Å². The average molecular weight is 390 g/mol. The lowest BCUT2D eigenvalue weighted by Crippen LogP contribution is -2.03. The molecule has 1 nitrogen and oxygen atoms in total. The van der Waals surface area contributed by atoms with E-state index < -0.39 is 17.6 Å². The van der Waals surface area contributed by atoms with Crippen LogP contribution in [0.15, 0.2) is 59.0 Å². The van der Waals surface area contributed by atoms with Crippen molar-refractivity contribution in [3.05, 3.63) is 71.7 Å². The summed E-state index contributed by atoms with van der Waals surface area (Å²) in [5.41, 5.74) is 0.619. The number of hydrogen-bond acceptors (Lipinski definition) is 1. The standard InChI is InChI=1S/C23H22F4O/c1-2-3-4-8-11-19-20(16-9-6-5-7-10-16)21(24)22(28-19)17-12-14-18(15-13-17)23(25,26)27/h5-7,9-10,12-15H,2-4,8,11H2,1H3. The zero-order valence-electron chi connectivity index (χ0n) is 15.7. The number of alkyl halides is 3. The summed E-state index contributed by atoms with van der Waals surface area (Å²) in [7, 11) is 0. The van der Waals surface area contributed by atoms with Gasteiger partial charge in [-0.3, -0.25) is 0 Å². The number of aryl methyl sites for hydroxylation is 1. The van der Waals surface area contributed by atoms with Gasteiger partial charge in [0.05, 0.1) is 11.1 Å². The lowest BCUT2D eigenvalue weighted by atomic mass is 10.0. The van der Waals surface area contributed by atoms with Crippen LogP contribution in [-0.2, 0) is 12.6 Å². The molecule has 0 N–H and O–H groups in total. The highest BCUT2D eigenvalue weighted by atomic mass is 19.4. The van der Waals surface area contributed by atoms with Gasteiger partial charge in [0.25, 0.3) is 0 Å². The maximum absolute atomic E-state index is 15.3. The van der Waals surface area contributed by atoms with E-state index in [1.165, 1.54) is 12.1 Å². The SMILES string of the molecule is CCCCCCc1oc(-c2ccc(C(F)(F)F)cc2)c(F)c1-c1ccccc1. The summed E-state index contributed by atoms with van der Waals surface area (Å²) in [5.74, 6) is -0.00998. The lowest BCUT2D eigenvalue weighted by molar-refractivity contribution is -0.137. The third kappa shape index (κ3) is 4.46. The van der Waals surface area contributed by atoms with Gasteiger partial charge in [-0.2, -0.15) is 13.2 Å². The Balaban J connectivity index is 1.99. The largest absolute Gasteiger partial charge is 0.457 e. The van der Waals surface area contributed by atoms with Crippen LogP contribution in [0.1, 0.15) is 43.9 Å². The fourth-order valence-electron chi connectivity index (χ4n) is 3.23. The predicted octanol–water partition coefficient (Wildman–Crippen LogP) is 7.89. The number of furan rings is 1. The van der Waals surface area contributed by atoms with Crippen LogP contribution < -0.4 is 0 Å². The molecule has 2 aromatic carbocycles. The molecule has 0 fully saturated rings. The van der Waals surface area contributed by atoms with Gasteiger partial charge in [0.1, 0.15) is 5.76 Å². The topological polar surface area (TPSA) is 13.1 Å². The van der Waals surface area contributed by atoms with Crippen LogP contribution in [0, 0.1) is 5.82 Å². The first-order chi connectivity index (χ1) is 13.4. The van der Waals surface area contributed by atoms with Gasteiger partial charge in [0.15, 0.2) is 11.6 Å². The van der Waals surface area contributed by atoms with Crippen molar-refractivity contribution in [2.75, 3.05) is 0 Å². The Morgan fingerprint density at radius 2 is 1.50 bits per heavy atom. The van der Waals surface area contributed by atoms with Gasteiger partial charge in [-0.25, -0.2) is 4.39 Å². The Labute approximate surface area is 162 Å². The van der Waals surface area contributed by atoms with Crippen LogP contribution >= 0.6 is 0 Å². The first kappa shape index (κ1) is 20.2. The minimum absolute atomic E-state index is 0.0157. The van der Waals surface area contributed by atoms with E-state index >= 15 is 4.39 Å². The molecule has 28 heavy (non-hydrogen) atoms. The van der Waals surface area contributed by atoms with Crippen molar-refractivity contribution in [2.45, 2.75) is 45.2 Å². The molecule has 0 saturated heterocycles. The van der Waals surface area contributed by atoms with Crippen LogP contribution in [-0.4, -0.2) is 0 Å². The number of hydrogen-bond donors (Lipinski definition) is 0. The normalized spacial score (nSPS) is 11.8. The molecule has 3 rings (SSSR count). The molecule has 0 saturated carbocycles. The molecule has 0 unspecified atom stereocenters. The monoisotopic (exact) mass is 390 g/mol. The van der Waals surface area contributed by atoms with E-state index in [1.54, 1.807) is 12.1 Å². The minimum Gasteiger partial charge on any atom is -0.457 e. The fourth-order valence-corrected chi connectivity index (χ4v) is 3.23. The quantitative estimate of drug-likeness (QED) is 0.295. The predicted molar refractivity (Wildman–Crippen MR) is 102 cm³/mol. The molecule has 0 aliphatic heterocycles. The summed E-state index contributed by atoms with van der Waals surface area (Å²) in [4.78, 5) is 0. The molecule has 1 heterocycles. The van der Waals surface area contributed by atoms with Crippen LogP contribution in [0.25, 0.3) is 22.5 Å². The van der Waals surface area contributed by atoms with Crippen molar-refractivity contribution >= 4 is 0 Å². The summed E-state index contributed by atoms with van der Waals surface area (Å²) < 4.78 is 59.5. The van der Waals surface area contributed by atoms with Crippen molar-refractivity contribution in [2.24, 2.45) is 0 Å². The van der Waals surface area contributed by atoms with Gasteiger partial charge in [0, 0.05) is 12.0 Å². The molecule has 1 aromatic heterocycles. The summed E-state index contributed by atoms with van der Waals surface area (Å²) in [6, 6.07) is 13.5. The third-order valence-electron chi connectivity index (χ3n) is 4.72. The molecule has 0 atom stereocenters. The minimum atomic E-state index is -4.43. The number of benzene rings is 2. The molecule has 0 bridgehead atoms. The Hall–Kier alpha value is -2.56. The molecule has 5 heteroatoms. The number of halogens is 4. The van der Waals surface area contributed by atoms with Gasteiger partial charge in [0.2, 0.25) is 0 Å². The number of rotatable bonds is 7. The van der Waals surface area contributed by atoms with E-state index in [4.69, 9.17) is 4.42 Å². The van der Waals surface area contributed by atoms with Crippen LogP contribution in [0.3, 0.4) is 0 Å². The molecule has 148 valence electrons.